The van der Waals surface area contributed by atoms with Crippen molar-refractivity contribution in [1.29, 1.82) is 0 Å². The first-order valence-corrected chi connectivity index (χ1v) is 5.92. The van der Waals surface area contributed by atoms with E-state index in [1.54, 1.807) is 37.0 Å². The van der Waals surface area contributed by atoms with E-state index in [9.17, 15) is 4.79 Å². The van der Waals surface area contributed by atoms with E-state index in [2.05, 4.69) is 4.98 Å². The zero-order valence-corrected chi connectivity index (χ0v) is 10.2. The number of ether oxygens (including phenoxy) is 1. The third-order valence-corrected chi connectivity index (χ3v) is 3.16. The standard InChI is InChI=1S/C12H12N2O2S/c1-16-8-2-3-10(11(13)4-8)12(15)5-9-6-14-7-17-9/h2-4,6-7H,5,13H2,1H3. The van der Waals surface area contributed by atoms with Crippen LogP contribution in [-0.4, -0.2) is 17.9 Å². The highest BCUT2D eigenvalue weighted by Gasteiger charge is 2.12. The molecule has 0 spiro atoms. The second kappa shape index (κ2) is 4.97. The van der Waals surface area contributed by atoms with Crippen molar-refractivity contribution >= 4 is 22.8 Å². The maximum Gasteiger partial charge on any atom is 0.170 e. The Morgan fingerprint density at radius 1 is 1.53 bits per heavy atom. The van der Waals surface area contributed by atoms with Crippen LogP contribution in [0, 0.1) is 0 Å². The second-order valence-electron chi connectivity index (χ2n) is 3.52. The van der Waals surface area contributed by atoms with Crippen LogP contribution in [0.25, 0.3) is 0 Å². The van der Waals surface area contributed by atoms with Gasteiger partial charge in [-0.1, -0.05) is 0 Å². The molecule has 2 N–H and O–H groups in total. The van der Waals surface area contributed by atoms with Crippen molar-refractivity contribution in [1.82, 2.24) is 4.98 Å². The molecule has 0 bridgehead atoms. The Hall–Kier alpha value is -1.88. The van der Waals surface area contributed by atoms with Crippen molar-refractivity contribution < 1.29 is 9.53 Å². The van der Waals surface area contributed by atoms with Gasteiger partial charge in [0.25, 0.3) is 0 Å². The fourth-order valence-electron chi connectivity index (χ4n) is 1.50. The Morgan fingerprint density at radius 2 is 2.35 bits per heavy atom. The molecular weight excluding hydrogens is 236 g/mol. The molecule has 2 rings (SSSR count). The second-order valence-corrected chi connectivity index (χ2v) is 4.49. The van der Waals surface area contributed by atoms with Gasteiger partial charge in [0.1, 0.15) is 5.75 Å². The maximum atomic E-state index is 12.0. The number of aromatic nitrogens is 1. The van der Waals surface area contributed by atoms with E-state index in [-0.39, 0.29) is 5.78 Å². The third kappa shape index (κ3) is 2.62. The average Bonchev–Trinajstić information content (AvgIpc) is 2.81. The largest absolute Gasteiger partial charge is 0.497 e. The van der Waals surface area contributed by atoms with Crippen LogP contribution >= 0.6 is 11.3 Å². The van der Waals surface area contributed by atoms with Crippen LogP contribution < -0.4 is 10.5 Å². The Bertz CT molecular complexity index is 523. The van der Waals surface area contributed by atoms with Gasteiger partial charge in [-0.3, -0.25) is 9.78 Å². The first-order valence-electron chi connectivity index (χ1n) is 5.05. The molecule has 0 radical (unpaired) electrons. The highest BCUT2D eigenvalue weighted by atomic mass is 32.1. The van der Waals surface area contributed by atoms with Crippen LogP contribution in [0.5, 0.6) is 5.75 Å². The molecule has 0 saturated heterocycles. The van der Waals surface area contributed by atoms with E-state index in [4.69, 9.17) is 10.5 Å². The molecule has 4 nitrogen and oxygen atoms in total. The van der Waals surface area contributed by atoms with Crippen LogP contribution in [0.1, 0.15) is 15.2 Å². The zero-order valence-electron chi connectivity index (χ0n) is 9.34. The number of nitrogen functional groups attached to an aromatic ring is 1. The normalized spacial score (nSPS) is 10.2. The quantitative estimate of drug-likeness (QED) is 0.665. The number of nitrogens with zero attached hydrogens (tertiary/aromatic N) is 1. The number of ketones is 1. The zero-order chi connectivity index (χ0) is 12.3. The summed E-state index contributed by atoms with van der Waals surface area (Å²) in [6.45, 7) is 0. The molecule has 0 saturated carbocycles. The summed E-state index contributed by atoms with van der Waals surface area (Å²) in [5.41, 5.74) is 8.49. The van der Waals surface area contributed by atoms with Crippen molar-refractivity contribution in [2.75, 3.05) is 12.8 Å². The number of anilines is 1. The van der Waals surface area contributed by atoms with Gasteiger partial charge in [-0.2, -0.15) is 0 Å². The molecule has 1 heterocycles. The van der Waals surface area contributed by atoms with Gasteiger partial charge in [0.2, 0.25) is 0 Å². The lowest BCUT2D eigenvalue weighted by atomic mass is 10.1. The SMILES string of the molecule is COc1ccc(C(=O)Cc2cncs2)c(N)c1. The predicted octanol–water partition coefficient (Wildman–Crippen LogP) is 2.16. The smallest absolute Gasteiger partial charge is 0.170 e. The molecule has 1 aromatic heterocycles. The monoisotopic (exact) mass is 248 g/mol. The van der Waals surface area contributed by atoms with Gasteiger partial charge in [-0.25, -0.2) is 0 Å². The summed E-state index contributed by atoms with van der Waals surface area (Å²) in [5, 5.41) is 0. The Balaban J connectivity index is 2.19. The molecule has 1 aromatic carbocycles. The minimum atomic E-state index is -0.00518. The van der Waals surface area contributed by atoms with Gasteiger partial charge in [0.15, 0.2) is 5.78 Å². The van der Waals surface area contributed by atoms with E-state index in [0.717, 1.165) is 4.88 Å². The van der Waals surface area contributed by atoms with E-state index < -0.39 is 0 Å². The lowest BCUT2D eigenvalue weighted by Crippen LogP contribution is -2.06. The van der Waals surface area contributed by atoms with Gasteiger partial charge in [0, 0.05) is 34.8 Å². The Kier molecular flexibility index (Phi) is 3.39. The summed E-state index contributed by atoms with van der Waals surface area (Å²) in [6, 6.07) is 5.08. The number of methoxy groups -OCH3 is 1. The molecule has 0 unspecified atom stereocenters. The average molecular weight is 248 g/mol. The number of Topliss-reactive ketones (excluding diaryl/α,β-unsaturated/α-hetero) is 1. The topological polar surface area (TPSA) is 65.2 Å². The number of rotatable bonds is 4. The van der Waals surface area contributed by atoms with Crippen molar-refractivity contribution in [2.45, 2.75) is 6.42 Å². The lowest BCUT2D eigenvalue weighted by Gasteiger charge is -2.06. The number of benzene rings is 1. The number of hydrogen-bond acceptors (Lipinski definition) is 5. The van der Waals surface area contributed by atoms with Crippen molar-refractivity contribution in [3.63, 3.8) is 0 Å². The number of thiazole rings is 1. The number of hydrogen-bond donors (Lipinski definition) is 1. The lowest BCUT2D eigenvalue weighted by molar-refractivity contribution is 0.0994. The predicted molar refractivity (Wildman–Crippen MR) is 67.6 cm³/mol. The van der Waals surface area contributed by atoms with Crippen molar-refractivity contribution in [3.8, 4) is 5.75 Å². The summed E-state index contributed by atoms with van der Waals surface area (Å²) in [7, 11) is 1.56. The molecular formula is C12H12N2O2S. The molecule has 0 fully saturated rings. The fraction of sp³-hybridized carbons (Fsp3) is 0.167. The van der Waals surface area contributed by atoms with Crippen LogP contribution in [0.2, 0.25) is 0 Å². The van der Waals surface area contributed by atoms with Crippen molar-refractivity contribution in [3.05, 3.63) is 40.3 Å². The van der Waals surface area contributed by atoms with Gasteiger partial charge >= 0.3 is 0 Å². The molecule has 88 valence electrons. The van der Waals surface area contributed by atoms with Gasteiger partial charge < -0.3 is 10.5 Å². The Morgan fingerprint density at radius 3 is 2.94 bits per heavy atom. The first-order chi connectivity index (χ1) is 8.20. The first kappa shape index (κ1) is 11.6. The minimum Gasteiger partial charge on any atom is -0.497 e. The summed E-state index contributed by atoms with van der Waals surface area (Å²) in [6.07, 6.45) is 2.03. The highest BCUT2D eigenvalue weighted by Crippen LogP contribution is 2.21. The molecule has 0 aliphatic heterocycles. The summed E-state index contributed by atoms with van der Waals surface area (Å²) in [4.78, 5) is 16.9. The van der Waals surface area contributed by atoms with Crippen LogP contribution in [-0.2, 0) is 6.42 Å². The molecule has 5 heteroatoms. The maximum absolute atomic E-state index is 12.0. The molecule has 0 atom stereocenters. The highest BCUT2D eigenvalue weighted by molar-refractivity contribution is 7.09. The third-order valence-electron chi connectivity index (χ3n) is 2.38. The van der Waals surface area contributed by atoms with E-state index >= 15 is 0 Å². The molecule has 0 amide bonds. The minimum absolute atomic E-state index is 0.00518. The number of nitrogens with two attached hydrogens (primary N) is 1. The fourth-order valence-corrected chi connectivity index (χ4v) is 2.10. The van der Waals surface area contributed by atoms with Gasteiger partial charge in [0.05, 0.1) is 12.6 Å². The summed E-state index contributed by atoms with van der Waals surface area (Å²) >= 11 is 1.46. The molecule has 0 aliphatic carbocycles. The molecule has 2 aromatic rings. The van der Waals surface area contributed by atoms with E-state index in [1.807, 2.05) is 0 Å². The number of carbonyl (C=O) groups is 1. The number of carbonyl (C=O) groups excluding carboxylic acids is 1. The van der Waals surface area contributed by atoms with Crippen LogP contribution in [0.15, 0.2) is 29.9 Å². The Labute approximate surface area is 103 Å². The van der Waals surface area contributed by atoms with E-state index in [0.29, 0.717) is 23.4 Å². The van der Waals surface area contributed by atoms with Gasteiger partial charge in [-0.15, -0.1) is 11.3 Å². The van der Waals surface area contributed by atoms with E-state index in [1.165, 1.54) is 11.3 Å². The molecule has 17 heavy (non-hydrogen) atoms. The summed E-state index contributed by atoms with van der Waals surface area (Å²) in [5.74, 6) is 0.645. The van der Waals surface area contributed by atoms with Crippen molar-refractivity contribution in [2.24, 2.45) is 0 Å². The summed E-state index contributed by atoms with van der Waals surface area (Å²) < 4.78 is 5.04. The van der Waals surface area contributed by atoms with Crippen LogP contribution in [0.4, 0.5) is 5.69 Å². The molecule has 0 aliphatic rings. The van der Waals surface area contributed by atoms with Gasteiger partial charge in [-0.05, 0) is 12.1 Å². The van der Waals surface area contributed by atoms with Crippen LogP contribution in [0.3, 0.4) is 0 Å².